The quantitative estimate of drug-likeness (QED) is 0.490. The van der Waals surface area contributed by atoms with Crippen molar-refractivity contribution in [3.8, 4) is 0 Å². The van der Waals surface area contributed by atoms with Crippen molar-refractivity contribution in [2.45, 2.75) is 57.3 Å². The van der Waals surface area contributed by atoms with E-state index in [9.17, 15) is 4.39 Å². The Bertz CT molecular complexity index is 1450. The molecule has 0 atom stereocenters. The number of imidazole rings is 1. The third-order valence-corrected chi connectivity index (χ3v) is 9.73. The van der Waals surface area contributed by atoms with Crippen LogP contribution in [0.2, 0.25) is 0 Å². The van der Waals surface area contributed by atoms with E-state index in [1.807, 2.05) is 12.4 Å². The molecular weight excluding hydrogens is 463 g/mol. The minimum Gasteiger partial charge on any atom is -0.369 e. The summed E-state index contributed by atoms with van der Waals surface area (Å²) in [4.78, 5) is 14.1. The van der Waals surface area contributed by atoms with E-state index < -0.39 is 5.67 Å². The number of nitrogens with one attached hydrogen (secondary N) is 1. The largest absolute Gasteiger partial charge is 0.369 e. The Morgan fingerprint density at radius 2 is 1.89 bits per heavy atom. The average molecular weight is 497 g/mol. The normalized spacial score (nSPS) is 28.5. The van der Waals surface area contributed by atoms with Crippen LogP contribution in [0.25, 0.3) is 17.4 Å². The van der Waals surface area contributed by atoms with Crippen LogP contribution in [-0.4, -0.2) is 44.6 Å². The first-order valence-electron chi connectivity index (χ1n) is 13.7. The first-order valence-corrected chi connectivity index (χ1v) is 13.7. The van der Waals surface area contributed by atoms with Crippen LogP contribution >= 0.6 is 0 Å². The fourth-order valence-electron chi connectivity index (χ4n) is 7.16. The highest BCUT2D eigenvalue weighted by Gasteiger charge is 2.84. The molecule has 5 heterocycles. The van der Waals surface area contributed by atoms with Gasteiger partial charge in [-0.25, -0.2) is 9.37 Å². The molecule has 2 aliphatic heterocycles. The number of aromatic nitrogens is 3. The van der Waals surface area contributed by atoms with Crippen LogP contribution in [0.15, 0.2) is 49.7 Å². The first-order chi connectivity index (χ1) is 17.9. The van der Waals surface area contributed by atoms with Crippen LogP contribution in [0.5, 0.6) is 0 Å². The molecule has 0 unspecified atom stereocenters. The van der Waals surface area contributed by atoms with Gasteiger partial charge >= 0.3 is 0 Å². The molecule has 1 saturated heterocycles. The Morgan fingerprint density at radius 1 is 1.08 bits per heavy atom. The van der Waals surface area contributed by atoms with Crippen LogP contribution < -0.4 is 10.2 Å². The third-order valence-electron chi connectivity index (χ3n) is 9.73. The Balaban J connectivity index is 0.955. The van der Waals surface area contributed by atoms with Gasteiger partial charge in [0.15, 0.2) is 0 Å². The molecule has 8 rings (SSSR count). The molecule has 3 aromatic rings. The summed E-state index contributed by atoms with van der Waals surface area (Å²) in [5.74, 6) is 0. The van der Waals surface area contributed by atoms with Gasteiger partial charge in [0.1, 0.15) is 11.3 Å². The molecule has 3 aromatic heterocycles. The fourth-order valence-corrected chi connectivity index (χ4v) is 7.16. The van der Waals surface area contributed by atoms with Gasteiger partial charge in [-0.15, -0.1) is 0 Å². The number of nitrogens with zero attached hydrogens (tertiary/aromatic N) is 5. The van der Waals surface area contributed by atoms with E-state index in [-0.39, 0.29) is 5.41 Å². The van der Waals surface area contributed by atoms with E-state index in [0.717, 1.165) is 61.6 Å². The Morgan fingerprint density at radius 3 is 2.68 bits per heavy atom. The third kappa shape index (κ3) is 3.39. The lowest BCUT2D eigenvalue weighted by Crippen LogP contribution is -2.55. The number of hydrogen-bond acceptors (Lipinski definition) is 5. The summed E-state index contributed by atoms with van der Waals surface area (Å²) in [6.45, 7) is 8.92. The van der Waals surface area contributed by atoms with Gasteiger partial charge < -0.3 is 19.5 Å². The lowest BCUT2D eigenvalue weighted by molar-refractivity contribution is 0.221. The van der Waals surface area contributed by atoms with E-state index >= 15 is 0 Å². The average Bonchev–Trinajstić information content (AvgIpc) is 3.37. The second kappa shape index (κ2) is 7.44. The number of anilines is 1. The predicted octanol–water partition coefficient (Wildman–Crippen LogP) is 5.16. The number of hydrogen-bond donors (Lipinski definition) is 1. The van der Waals surface area contributed by atoms with Crippen molar-refractivity contribution < 1.29 is 4.39 Å². The minimum atomic E-state index is -0.832. The molecule has 6 nitrogen and oxygen atoms in total. The van der Waals surface area contributed by atoms with Crippen molar-refractivity contribution in [3.63, 3.8) is 0 Å². The molecule has 1 spiro atoms. The Kier molecular flexibility index (Phi) is 4.39. The topological polar surface area (TPSA) is 48.7 Å². The zero-order chi connectivity index (χ0) is 24.8. The van der Waals surface area contributed by atoms with Crippen molar-refractivity contribution in [2.75, 3.05) is 24.5 Å². The van der Waals surface area contributed by atoms with Crippen molar-refractivity contribution in [3.05, 3.63) is 72.1 Å². The summed E-state index contributed by atoms with van der Waals surface area (Å²) in [6.07, 6.45) is 19.5. The number of alkyl halides is 1. The summed E-state index contributed by atoms with van der Waals surface area (Å²) < 4.78 is 15.9. The molecule has 1 N–H and O–H groups in total. The van der Waals surface area contributed by atoms with Crippen molar-refractivity contribution in [1.29, 1.82) is 0 Å². The van der Waals surface area contributed by atoms with Gasteiger partial charge in [0.2, 0.25) is 0 Å². The van der Waals surface area contributed by atoms with Crippen molar-refractivity contribution in [1.82, 2.24) is 24.6 Å². The van der Waals surface area contributed by atoms with Gasteiger partial charge in [0, 0.05) is 78.6 Å². The first kappa shape index (κ1) is 21.9. The van der Waals surface area contributed by atoms with Crippen LogP contribution in [0.3, 0.4) is 0 Å². The van der Waals surface area contributed by atoms with Gasteiger partial charge in [-0.1, -0.05) is 25.5 Å². The summed E-state index contributed by atoms with van der Waals surface area (Å²) in [5.41, 5.74) is 7.33. The maximum absolute atomic E-state index is 13.8. The highest BCUT2D eigenvalue weighted by atomic mass is 19.1. The van der Waals surface area contributed by atoms with Crippen molar-refractivity contribution >= 4 is 23.1 Å². The molecule has 5 aliphatic rings. The van der Waals surface area contributed by atoms with E-state index in [4.69, 9.17) is 4.98 Å². The van der Waals surface area contributed by atoms with Gasteiger partial charge in [-0.2, -0.15) is 0 Å². The standard InChI is InChI=1S/C30H33FN6/c1-21-25-11-32-12-26(37-19-28(20-37)7-2-3-8-28)24(25)6-9-35(21)14-23-15-36-13-22(4-5-27(36)34-23)10-33-18-29-16-30(29,31)17-29/h4-6,9,11-13,15,33H,1-3,7-8,10,14,16-20H2. The lowest BCUT2D eigenvalue weighted by atomic mass is 9.77. The molecule has 4 fully saturated rings. The lowest BCUT2D eigenvalue weighted by Gasteiger charge is -2.50. The molecule has 0 radical (unpaired) electrons. The van der Waals surface area contributed by atoms with Crippen LogP contribution in [0, 0.1) is 10.8 Å². The number of halogens is 1. The van der Waals surface area contributed by atoms with Gasteiger partial charge in [0.05, 0.1) is 24.1 Å². The monoisotopic (exact) mass is 496 g/mol. The Labute approximate surface area is 216 Å². The predicted molar refractivity (Wildman–Crippen MR) is 143 cm³/mol. The highest BCUT2D eigenvalue weighted by molar-refractivity contribution is 5.83. The summed E-state index contributed by atoms with van der Waals surface area (Å²) >= 11 is 0. The van der Waals surface area contributed by atoms with E-state index in [1.165, 1.54) is 42.5 Å². The molecule has 0 aromatic carbocycles. The van der Waals surface area contributed by atoms with E-state index in [1.54, 1.807) is 0 Å². The minimum absolute atomic E-state index is 0.0358. The summed E-state index contributed by atoms with van der Waals surface area (Å²) in [7, 11) is 0. The van der Waals surface area contributed by atoms with Crippen LogP contribution in [-0.2, 0) is 13.1 Å². The van der Waals surface area contributed by atoms with E-state index in [0.29, 0.717) is 12.0 Å². The molecular formula is C30H33FN6. The number of pyridine rings is 2. The zero-order valence-corrected chi connectivity index (χ0v) is 21.2. The highest BCUT2D eigenvalue weighted by Crippen LogP contribution is 2.80. The smallest absolute Gasteiger partial charge is 0.137 e. The molecule has 7 heteroatoms. The van der Waals surface area contributed by atoms with Crippen LogP contribution in [0.1, 0.15) is 60.9 Å². The second-order valence-electron chi connectivity index (χ2n) is 12.3. The number of fused-ring (bicyclic) bond motifs is 3. The molecule has 0 bridgehead atoms. The fraction of sp³-hybridized carbons (Fsp3) is 0.467. The van der Waals surface area contributed by atoms with Crippen molar-refractivity contribution in [2.24, 2.45) is 10.8 Å². The molecule has 190 valence electrons. The maximum Gasteiger partial charge on any atom is 0.137 e. The molecule has 0 amide bonds. The summed E-state index contributed by atoms with van der Waals surface area (Å²) in [5, 5.41) is 3.45. The molecule has 3 aliphatic carbocycles. The molecule has 37 heavy (non-hydrogen) atoms. The van der Waals surface area contributed by atoms with E-state index in [2.05, 4.69) is 67.9 Å². The number of rotatable bonds is 7. The van der Waals surface area contributed by atoms with Gasteiger partial charge in [-0.3, -0.25) is 4.98 Å². The maximum atomic E-state index is 13.8. The SMILES string of the molecule is C=C1c2cncc(N3CC4(CCCC4)C3)c2C=CN1Cc1cn2cc(CNCC34CC3(F)C4)ccc2n1. The second-order valence-corrected chi connectivity index (χ2v) is 12.3. The Hall–Kier alpha value is -3.19. The van der Waals surface area contributed by atoms with Gasteiger partial charge in [-0.05, 0) is 43.4 Å². The van der Waals surface area contributed by atoms with Gasteiger partial charge in [0.25, 0.3) is 0 Å². The molecule has 3 saturated carbocycles. The van der Waals surface area contributed by atoms with Crippen LogP contribution in [0.4, 0.5) is 10.1 Å². The summed E-state index contributed by atoms with van der Waals surface area (Å²) in [6, 6.07) is 4.16. The zero-order valence-electron chi connectivity index (χ0n) is 21.2.